The van der Waals surface area contributed by atoms with Crippen LogP contribution in [0.25, 0.3) is 0 Å². The first-order chi connectivity index (χ1) is 5.27. The standard InChI is InChI=1S/C5H7N5O.ClH/c6-5-9-3-2(4(11)10-5)7-1-8-3;/h1,4,11H,(H,7,8)(H3,6,9,10);1H. The second kappa shape index (κ2) is 3.00. The van der Waals surface area contributed by atoms with Crippen LogP contribution in [0.4, 0.5) is 5.82 Å². The van der Waals surface area contributed by atoms with Crippen LogP contribution in [0.15, 0.2) is 11.3 Å². The third-order valence-electron chi connectivity index (χ3n) is 1.43. The maximum absolute atomic E-state index is 9.28. The van der Waals surface area contributed by atoms with Crippen LogP contribution in [-0.4, -0.2) is 21.0 Å². The molecule has 0 spiro atoms. The first-order valence-corrected chi connectivity index (χ1v) is 3.09. The molecule has 12 heavy (non-hydrogen) atoms. The van der Waals surface area contributed by atoms with Gasteiger partial charge in [0.1, 0.15) is 5.69 Å². The summed E-state index contributed by atoms with van der Waals surface area (Å²) in [6.45, 7) is 0. The van der Waals surface area contributed by atoms with Crippen molar-refractivity contribution in [1.29, 1.82) is 0 Å². The van der Waals surface area contributed by atoms with Crippen LogP contribution in [0, 0.1) is 0 Å². The molecule has 0 amide bonds. The van der Waals surface area contributed by atoms with E-state index in [2.05, 4.69) is 20.3 Å². The number of imidazole rings is 1. The molecule has 5 N–H and O–H groups in total. The van der Waals surface area contributed by atoms with Gasteiger partial charge in [-0.05, 0) is 0 Å². The van der Waals surface area contributed by atoms with Gasteiger partial charge in [-0.25, -0.2) is 4.98 Å². The number of rotatable bonds is 0. The zero-order valence-corrected chi connectivity index (χ0v) is 6.80. The molecule has 0 aliphatic carbocycles. The Hall–Kier alpha value is -1.27. The van der Waals surface area contributed by atoms with Gasteiger partial charge in [0.25, 0.3) is 0 Å². The number of aromatic amines is 1. The molecule has 7 heteroatoms. The number of nitrogens with one attached hydrogen (secondary N) is 2. The minimum Gasteiger partial charge on any atom is -0.370 e. The lowest BCUT2D eigenvalue weighted by atomic mass is 10.3. The molecule has 1 aliphatic rings. The summed E-state index contributed by atoms with van der Waals surface area (Å²) in [7, 11) is 0. The Morgan fingerprint density at radius 1 is 1.58 bits per heavy atom. The van der Waals surface area contributed by atoms with Gasteiger partial charge in [-0.3, -0.25) is 0 Å². The Morgan fingerprint density at radius 3 is 3.08 bits per heavy atom. The van der Waals surface area contributed by atoms with Gasteiger partial charge in [0.2, 0.25) is 0 Å². The molecule has 6 nitrogen and oxygen atoms in total. The number of nitrogens with zero attached hydrogens (tertiary/aromatic N) is 2. The van der Waals surface area contributed by atoms with E-state index in [1.165, 1.54) is 6.33 Å². The number of aliphatic imine (C=N–C) groups is 1. The number of fused-ring (bicyclic) bond motifs is 1. The fourth-order valence-electron chi connectivity index (χ4n) is 0.946. The summed E-state index contributed by atoms with van der Waals surface area (Å²) in [5, 5.41) is 11.8. The quantitative estimate of drug-likeness (QED) is 0.437. The molecule has 0 bridgehead atoms. The monoisotopic (exact) mass is 189 g/mol. The van der Waals surface area contributed by atoms with Crippen molar-refractivity contribution in [3.05, 3.63) is 12.0 Å². The Kier molecular flexibility index (Phi) is 2.20. The third-order valence-corrected chi connectivity index (χ3v) is 1.43. The van der Waals surface area contributed by atoms with Crippen molar-refractivity contribution in [2.24, 2.45) is 10.7 Å². The van der Waals surface area contributed by atoms with E-state index in [1.807, 2.05) is 0 Å². The molecule has 0 fully saturated rings. The van der Waals surface area contributed by atoms with E-state index in [-0.39, 0.29) is 18.4 Å². The normalized spacial score (nSPS) is 20.1. The molecule has 1 atom stereocenters. The molecule has 66 valence electrons. The van der Waals surface area contributed by atoms with Crippen LogP contribution in [0.3, 0.4) is 0 Å². The van der Waals surface area contributed by atoms with Crippen LogP contribution >= 0.6 is 12.4 Å². The van der Waals surface area contributed by atoms with Crippen molar-refractivity contribution in [2.45, 2.75) is 6.23 Å². The largest absolute Gasteiger partial charge is 0.370 e. The number of H-pyrrole nitrogens is 1. The van der Waals surface area contributed by atoms with Crippen LogP contribution in [0.1, 0.15) is 11.9 Å². The fraction of sp³-hybridized carbons (Fsp3) is 0.200. The van der Waals surface area contributed by atoms with Gasteiger partial charge in [-0.2, -0.15) is 4.99 Å². The minimum atomic E-state index is -0.829. The summed E-state index contributed by atoms with van der Waals surface area (Å²) in [6.07, 6.45) is 0.627. The Morgan fingerprint density at radius 2 is 2.33 bits per heavy atom. The summed E-state index contributed by atoms with van der Waals surface area (Å²) < 4.78 is 0. The van der Waals surface area contributed by atoms with Crippen molar-refractivity contribution in [1.82, 2.24) is 15.3 Å². The topological polar surface area (TPSA) is 99.3 Å². The van der Waals surface area contributed by atoms with Gasteiger partial charge >= 0.3 is 0 Å². The van der Waals surface area contributed by atoms with E-state index in [4.69, 9.17) is 5.73 Å². The van der Waals surface area contributed by atoms with Crippen molar-refractivity contribution >= 4 is 24.2 Å². The molecule has 2 heterocycles. The Balaban J connectivity index is 0.000000720. The Labute approximate surface area is 74.3 Å². The highest BCUT2D eigenvalue weighted by atomic mass is 35.5. The lowest BCUT2D eigenvalue weighted by Gasteiger charge is -2.16. The van der Waals surface area contributed by atoms with Crippen LogP contribution in [0.2, 0.25) is 0 Å². The second-order valence-corrected chi connectivity index (χ2v) is 2.18. The number of nitrogens with two attached hydrogens (primary N) is 1. The fourth-order valence-corrected chi connectivity index (χ4v) is 0.946. The van der Waals surface area contributed by atoms with Gasteiger partial charge in [-0.1, -0.05) is 0 Å². The van der Waals surface area contributed by atoms with Crippen LogP contribution in [0.5, 0.6) is 0 Å². The SMILES string of the molecule is Cl.NC1=Nc2nc[nH]c2C(O)N1. The van der Waals surface area contributed by atoms with Gasteiger partial charge in [-0.15, -0.1) is 12.4 Å². The minimum absolute atomic E-state index is 0. The van der Waals surface area contributed by atoms with Gasteiger partial charge in [0.05, 0.1) is 6.33 Å². The number of hydrogen-bond donors (Lipinski definition) is 4. The van der Waals surface area contributed by atoms with Crippen LogP contribution < -0.4 is 11.1 Å². The van der Waals surface area contributed by atoms with Gasteiger partial charge < -0.3 is 21.1 Å². The second-order valence-electron chi connectivity index (χ2n) is 2.18. The lowest BCUT2D eigenvalue weighted by Crippen LogP contribution is -2.37. The molecular weight excluding hydrogens is 182 g/mol. The number of guanidine groups is 1. The van der Waals surface area contributed by atoms with E-state index < -0.39 is 6.23 Å². The number of aliphatic hydroxyl groups excluding tert-OH is 1. The predicted octanol–water partition coefficient (Wildman–Crippen LogP) is -0.628. The van der Waals surface area contributed by atoms with Crippen molar-refractivity contribution in [3.8, 4) is 0 Å². The van der Waals surface area contributed by atoms with Crippen molar-refractivity contribution in [3.63, 3.8) is 0 Å². The predicted molar refractivity (Wildman–Crippen MR) is 45.2 cm³/mol. The summed E-state index contributed by atoms with van der Waals surface area (Å²) in [4.78, 5) is 10.4. The van der Waals surface area contributed by atoms with Crippen molar-refractivity contribution in [2.75, 3.05) is 0 Å². The van der Waals surface area contributed by atoms with Crippen LogP contribution in [-0.2, 0) is 0 Å². The number of halogens is 1. The molecule has 0 saturated heterocycles. The molecule has 0 aromatic carbocycles. The van der Waals surface area contributed by atoms with Gasteiger partial charge in [0.15, 0.2) is 18.0 Å². The molecule has 2 rings (SSSR count). The summed E-state index contributed by atoms with van der Waals surface area (Å²) in [5.41, 5.74) is 5.87. The zero-order chi connectivity index (χ0) is 7.84. The van der Waals surface area contributed by atoms with Gasteiger partial charge in [0, 0.05) is 0 Å². The Bertz CT molecular complexity index is 309. The van der Waals surface area contributed by atoms with E-state index in [1.54, 1.807) is 0 Å². The highest BCUT2D eigenvalue weighted by Crippen LogP contribution is 2.22. The molecule has 1 aromatic heterocycles. The van der Waals surface area contributed by atoms with E-state index in [0.29, 0.717) is 11.5 Å². The summed E-state index contributed by atoms with van der Waals surface area (Å²) in [5.74, 6) is 0.617. The molecular formula is C5H8ClN5O. The lowest BCUT2D eigenvalue weighted by molar-refractivity contribution is 0.157. The number of aliphatic hydroxyl groups is 1. The molecule has 1 aliphatic heterocycles. The third kappa shape index (κ3) is 1.21. The zero-order valence-electron chi connectivity index (χ0n) is 5.98. The first kappa shape index (κ1) is 8.82. The number of aromatic nitrogens is 2. The van der Waals surface area contributed by atoms with E-state index in [0.717, 1.165) is 0 Å². The molecule has 0 saturated carbocycles. The maximum atomic E-state index is 9.28. The molecule has 1 aromatic rings. The van der Waals surface area contributed by atoms with E-state index >= 15 is 0 Å². The summed E-state index contributed by atoms with van der Waals surface area (Å²) >= 11 is 0. The average Bonchev–Trinajstić information content (AvgIpc) is 2.34. The maximum Gasteiger partial charge on any atom is 0.197 e. The smallest absolute Gasteiger partial charge is 0.197 e. The van der Waals surface area contributed by atoms with E-state index in [9.17, 15) is 5.11 Å². The highest BCUT2D eigenvalue weighted by molar-refractivity contribution is 5.85. The highest BCUT2D eigenvalue weighted by Gasteiger charge is 2.19. The average molecular weight is 190 g/mol. The molecule has 0 radical (unpaired) electrons. The molecule has 1 unspecified atom stereocenters. The summed E-state index contributed by atoms with van der Waals surface area (Å²) in [6, 6.07) is 0. The first-order valence-electron chi connectivity index (χ1n) is 3.09. The van der Waals surface area contributed by atoms with Crippen molar-refractivity contribution < 1.29 is 5.11 Å². The number of hydrogen-bond acceptors (Lipinski definition) is 5.